The summed E-state index contributed by atoms with van der Waals surface area (Å²) in [5, 5.41) is 0. The zero-order valence-corrected chi connectivity index (χ0v) is 10.7. The highest BCUT2D eigenvalue weighted by Gasteiger charge is 2.03. The Bertz CT molecular complexity index is 81.1. The van der Waals surface area contributed by atoms with Crippen LogP contribution in [0, 0.1) is 0 Å². The quantitative estimate of drug-likeness (QED) is 0.369. The fourth-order valence-corrected chi connectivity index (χ4v) is 3.80. The summed E-state index contributed by atoms with van der Waals surface area (Å²) in [4.78, 5) is 0. The Kier molecular flexibility index (Phi) is 10.9. The smallest absolute Gasteiger partial charge is 0.0326 e. The van der Waals surface area contributed by atoms with Crippen molar-refractivity contribution in [1.82, 2.24) is 0 Å². The third kappa shape index (κ3) is 8.75. The molecule has 0 aliphatic heterocycles. The monoisotopic (exact) mass is 202 g/mol. The van der Waals surface area contributed by atoms with Gasteiger partial charge in [0.05, 0.1) is 0 Å². The zero-order valence-electron chi connectivity index (χ0n) is 9.81. The maximum absolute atomic E-state index is 2.38. The van der Waals surface area contributed by atoms with E-state index in [9.17, 15) is 0 Å². The van der Waals surface area contributed by atoms with E-state index in [0.29, 0.717) is 7.92 Å². The van der Waals surface area contributed by atoms with Crippen LogP contribution >= 0.6 is 7.92 Å². The van der Waals surface area contributed by atoms with E-state index < -0.39 is 0 Å². The second-order valence-corrected chi connectivity index (χ2v) is 6.72. The van der Waals surface area contributed by atoms with Crippen molar-refractivity contribution in [1.29, 1.82) is 0 Å². The summed E-state index contributed by atoms with van der Waals surface area (Å²) in [6.45, 7) is 6.97. The third-order valence-corrected chi connectivity index (χ3v) is 5.39. The number of unbranched alkanes of at least 4 members (excludes halogenated alkanes) is 4. The lowest BCUT2D eigenvalue weighted by molar-refractivity contribution is 0.761. The van der Waals surface area contributed by atoms with Crippen molar-refractivity contribution >= 4 is 7.92 Å². The molecule has 80 valence electrons. The number of hydrogen-bond donors (Lipinski definition) is 0. The molecule has 0 rings (SSSR count). The first-order chi connectivity index (χ1) is 6.35. The van der Waals surface area contributed by atoms with Crippen LogP contribution in [0.4, 0.5) is 0 Å². The van der Waals surface area contributed by atoms with Gasteiger partial charge in [-0.05, 0) is 31.3 Å². The highest BCUT2D eigenvalue weighted by molar-refractivity contribution is 7.57. The molecule has 0 aliphatic carbocycles. The standard InChI is InChI=1S/C12H27P/c1-4-7-9-11-13(6-3)12-10-8-5-2/h4-12H2,1-3H3. The van der Waals surface area contributed by atoms with Gasteiger partial charge in [0.2, 0.25) is 0 Å². The maximum Gasteiger partial charge on any atom is -0.0326 e. The Hall–Kier alpha value is 0.430. The van der Waals surface area contributed by atoms with Gasteiger partial charge in [-0.15, -0.1) is 7.92 Å². The lowest BCUT2D eigenvalue weighted by atomic mass is 10.3. The molecule has 0 saturated carbocycles. The SMILES string of the molecule is CCCCCP(CC)CCCCC. The Morgan fingerprint density at radius 1 is 0.692 bits per heavy atom. The largest absolute Gasteiger partial charge is 0.107 e. The molecule has 0 aromatic rings. The summed E-state index contributed by atoms with van der Waals surface area (Å²) >= 11 is 0. The summed E-state index contributed by atoms with van der Waals surface area (Å²) in [6.07, 6.45) is 13.2. The molecule has 0 radical (unpaired) electrons. The van der Waals surface area contributed by atoms with Crippen molar-refractivity contribution in [2.45, 2.75) is 59.3 Å². The normalized spacial score (nSPS) is 11.1. The van der Waals surface area contributed by atoms with Crippen LogP contribution in [0.3, 0.4) is 0 Å². The Balaban J connectivity index is 3.28. The zero-order chi connectivity index (χ0) is 9.94. The van der Waals surface area contributed by atoms with Crippen molar-refractivity contribution in [3.8, 4) is 0 Å². The van der Waals surface area contributed by atoms with Crippen molar-refractivity contribution in [3.05, 3.63) is 0 Å². The van der Waals surface area contributed by atoms with Crippen molar-refractivity contribution in [2.75, 3.05) is 18.5 Å². The van der Waals surface area contributed by atoms with Crippen LogP contribution in [0.25, 0.3) is 0 Å². The van der Waals surface area contributed by atoms with E-state index in [1.807, 2.05) is 0 Å². The van der Waals surface area contributed by atoms with E-state index >= 15 is 0 Å². The average molecular weight is 202 g/mol. The van der Waals surface area contributed by atoms with Crippen LogP contribution < -0.4 is 0 Å². The van der Waals surface area contributed by atoms with Crippen LogP contribution in [-0.4, -0.2) is 18.5 Å². The van der Waals surface area contributed by atoms with E-state index in [2.05, 4.69) is 20.8 Å². The van der Waals surface area contributed by atoms with Gasteiger partial charge in [0, 0.05) is 0 Å². The molecule has 0 aromatic carbocycles. The first-order valence-electron chi connectivity index (χ1n) is 6.07. The molecule has 0 aliphatic rings. The van der Waals surface area contributed by atoms with Crippen LogP contribution in [0.15, 0.2) is 0 Å². The van der Waals surface area contributed by atoms with Gasteiger partial charge in [0.25, 0.3) is 0 Å². The molecule has 0 amide bonds. The molecule has 0 bridgehead atoms. The number of hydrogen-bond acceptors (Lipinski definition) is 0. The minimum absolute atomic E-state index is 0.418. The predicted octanol–water partition coefficient (Wildman–Crippen LogP) is 4.87. The molecular weight excluding hydrogens is 175 g/mol. The molecule has 0 heterocycles. The topological polar surface area (TPSA) is 0 Å². The first kappa shape index (κ1) is 13.4. The Morgan fingerprint density at radius 2 is 1.15 bits per heavy atom. The molecule has 0 aromatic heterocycles. The molecule has 0 unspecified atom stereocenters. The van der Waals surface area contributed by atoms with Gasteiger partial charge in [-0.1, -0.05) is 46.5 Å². The molecule has 0 atom stereocenters. The van der Waals surface area contributed by atoms with Gasteiger partial charge < -0.3 is 0 Å². The predicted molar refractivity (Wildman–Crippen MR) is 66.2 cm³/mol. The van der Waals surface area contributed by atoms with Crippen LogP contribution in [-0.2, 0) is 0 Å². The van der Waals surface area contributed by atoms with E-state index in [-0.39, 0.29) is 0 Å². The van der Waals surface area contributed by atoms with Crippen LogP contribution in [0.5, 0.6) is 0 Å². The molecule has 0 saturated heterocycles. The van der Waals surface area contributed by atoms with Gasteiger partial charge in [-0.25, -0.2) is 0 Å². The van der Waals surface area contributed by atoms with Gasteiger partial charge in [-0.3, -0.25) is 0 Å². The Labute approximate surface area is 86.3 Å². The molecule has 0 nitrogen and oxygen atoms in total. The lowest BCUT2D eigenvalue weighted by Crippen LogP contribution is -1.93. The van der Waals surface area contributed by atoms with Gasteiger partial charge in [0.1, 0.15) is 0 Å². The van der Waals surface area contributed by atoms with Crippen molar-refractivity contribution in [3.63, 3.8) is 0 Å². The summed E-state index contributed by atoms with van der Waals surface area (Å²) < 4.78 is 0. The highest BCUT2D eigenvalue weighted by Crippen LogP contribution is 2.37. The second-order valence-electron chi connectivity index (χ2n) is 3.85. The average Bonchev–Trinajstić information content (AvgIpc) is 2.16. The Morgan fingerprint density at radius 3 is 1.46 bits per heavy atom. The van der Waals surface area contributed by atoms with Crippen LogP contribution in [0.1, 0.15) is 59.3 Å². The summed E-state index contributed by atoms with van der Waals surface area (Å²) in [5.41, 5.74) is 0. The summed E-state index contributed by atoms with van der Waals surface area (Å²) in [6, 6.07) is 0. The molecule has 13 heavy (non-hydrogen) atoms. The summed E-state index contributed by atoms with van der Waals surface area (Å²) in [7, 11) is 0.418. The van der Waals surface area contributed by atoms with E-state index in [4.69, 9.17) is 0 Å². The van der Waals surface area contributed by atoms with Gasteiger partial charge in [-0.2, -0.15) is 0 Å². The molecule has 0 spiro atoms. The molecule has 0 fully saturated rings. The minimum atomic E-state index is 0.418. The molecule has 1 heteroatoms. The lowest BCUT2D eigenvalue weighted by Gasteiger charge is -2.14. The highest BCUT2D eigenvalue weighted by atomic mass is 31.1. The number of rotatable bonds is 9. The maximum atomic E-state index is 2.38. The van der Waals surface area contributed by atoms with Gasteiger partial charge in [0.15, 0.2) is 0 Å². The van der Waals surface area contributed by atoms with Crippen LogP contribution in [0.2, 0.25) is 0 Å². The van der Waals surface area contributed by atoms with Crippen molar-refractivity contribution in [2.24, 2.45) is 0 Å². The molecular formula is C12H27P. The molecule has 0 N–H and O–H groups in total. The fourth-order valence-electron chi connectivity index (χ4n) is 1.60. The van der Waals surface area contributed by atoms with E-state index in [1.54, 1.807) is 12.3 Å². The van der Waals surface area contributed by atoms with E-state index in [0.717, 1.165) is 0 Å². The van der Waals surface area contributed by atoms with E-state index in [1.165, 1.54) is 44.7 Å². The second kappa shape index (κ2) is 10.5. The minimum Gasteiger partial charge on any atom is -0.107 e. The third-order valence-electron chi connectivity index (χ3n) is 2.60. The van der Waals surface area contributed by atoms with Gasteiger partial charge >= 0.3 is 0 Å². The fraction of sp³-hybridized carbons (Fsp3) is 1.00. The first-order valence-corrected chi connectivity index (χ1v) is 7.97. The summed E-state index contributed by atoms with van der Waals surface area (Å²) in [5.74, 6) is 0. The van der Waals surface area contributed by atoms with Crippen molar-refractivity contribution < 1.29 is 0 Å².